The van der Waals surface area contributed by atoms with Crippen molar-refractivity contribution in [2.24, 2.45) is 0 Å². The highest BCUT2D eigenvalue weighted by Gasteiger charge is 2.23. The Morgan fingerprint density at radius 3 is 2.52 bits per heavy atom. The van der Waals surface area contributed by atoms with Crippen molar-refractivity contribution in [2.45, 2.75) is 6.10 Å². The van der Waals surface area contributed by atoms with Crippen molar-refractivity contribution in [2.75, 3.05) is 32.7 Å². The van der Waals surface area contributed by atoms with Crippen LogP contribution in [-0.2, 0) is 0 Å². The van der Waals surface area contributed by atoms with Gasteiger partial charge in [-0.1, -0.05) is 6.07 Å². The molecule has 0 aromatic carbocycles. The standard InChI is InChI=1S/C16H19N3O2S.ClH/c20-14(15-2-1-11-22-15)12-18-7-9-19(10-8-18)16(21)13-3-5-17-6-4-13;/h1-6,11,14,20H,7-10,12H2;1H. The fourth-order valence-electron chi connectivity index (χ4n) is 2.63. The van der Waals surface area contributed by atoms with Gasteiger partial charge < -0.3 is 10.0 Å². The molecule has 0 radical (unpaired) electrons. The van der Waals surface area contributed by atoms with Crippen LogP contribution in [0.2, 0.25) is 0 Å². The number of amides is 1. The number of aliphatic hydroxyl groups is 1. The van der Waals surface area contributed by atoms with Gasteiger partial charge in [0, 0.05) is 55.6 Å². The van der Waals surface area contributed by atoms with Gasteiger partial charge in [-0.15, -0.1) is 23.7 Å². The number of rotatable bonds is 4. The summed E-state index contributed by atoms with van der Waals surface area (Å²) in [5, 5.41) is 12.2. The van der Waals surface area contributed by atoms with Crippen LogP contribution in [0.5, 0.6) is 0 Å². The monoisotopic (exact) mass is 353 g/mol. The first-order valence-electron chi connectivity index (χ1n) is 7.37. The zero-order valence-electron chi connectivity index (χ0n) is 12.7. The van der Waals surface area contributed by atoms with Crippen molar-refractivity contribution in [3.8, 4) is 0 Å². The minimum atomic E-state index is -0.442. The summed E-state index contributed by atoms with van der Waals surface area (Å²) in [5.41, 5.74) is 0.682. The maximum Gasteiger partial charge on any atom is 0.254 e. The zero-order chi connectivity index (χ0) is 15.4. The van der Waals surface area contributed by atoms with E-state index in [0.29, 0.717) is 25.2 Å². The number of nitrogens with zero attached hydrogens (tertiary/aromatic N) is 3. The molecule has 5 nitrogen and oxygen atoms in total. The largest absolute Gasteiger partial charge is 0.386 e. The molecular formula is C16H20ClN3O2S. The van der Waals surface area contributed by atoms with Crippen molar-refractivity contribution in [3.05, 3.63) is 52.5 Å². The molecule has 1 amide bonds. The Balaban J connectivity index is 0.00000192. The number of hydrogen-bond acceptors (Lipinski definition) is 5. The quantitative estimate of drug-likeness (QED) is 0.914. The lowest BCUT2D eigenvalue weighted by molar-refractivity contribution is 0.0532. The van der Waals surface area contributed by atoms with Crippen molar-refractivity contribution < 1.29 is 9.90 Å². The summed E-state index contributed by atoms with van der Waals surface area (Å²) in [6.07, 6.45) is 2.84. The van der Waals surface area contributed by atoms with Crippen LogP contribution in [-0.4, -0.2) is 58.5 Å². The van der Waals surface area contributed by atoms with E-state index in [0.717, 1.165) is 18.0 Å². The first kappa shape index (κ1) is 17.9. The minimum Gasteiger partial charge on any atom is -0.386 e. The third-order valence-electron chi connectivity index (χ3n) is 3.89. The molecule has 1 N–H and O–H groups in total. The molecule has 0 aliphatic carbocycles. The van der Waals surface area contributed by atoms with Gasteiger partial charge in [-0.05, 0) is 23.6 Å². The van der Waals surface area contributed by atoms with Gasteiger partial charge in [0.15, 0.2) is 0 Å². The van der Waals surface area contributed by atoms with E-state index in [2.05, 4.69) is 9.88 Å². The molecule has 1 unspecified atom stereocenters. The lowest BCUT2D eigenvalue weighted by atomic mass is 10.2. The predicted octanol–water partition coefficient (Wildman–Crippen LogP) is 2.06. The van der Waals surface area contributed by atoms with E-state index in [1.165, 1.54) is 0 Å². The van der Waals surface area contributed by atoms with Gasteiger partial charge in [0.2, 0.25) is 0 Å². The van der Waals surface area contributed by atoms with Gasteiger partial charge in [0.05, 0.1) is 0 Å². The Bertz CT molecular complexity index is 601. The molecule has 23 heavy (non-hydrogen) atoms. The second kappa shape index (κ2) is 8.40. The summed E-state index contributed by atoms with van der Waals surface area (Å²) in [6, 6.07) is 7.40. The molecule has 3 rings (SSSR count). The summed E-state index contributed by atoms with van der Waals surface area (Å²) < 4.78 is 0. The lowest BCUT2D eigenvalue weighted by Gasteiger charge is -2.35. The number of β-amino-alcohol motifs (C(OH)–C–C–N with tert-alkyl or cyclic N) is 1. The first-order chi connectivity index (χ1) is 10.7. The molecule has 1 atom stereocenters. The van der Waals surface area contributed by atoms with E-state index in [1.54, 1.807) is 35.9 Å². The maximum atomic E-state index is 12.3. The van der Waals surface area contributed by atoms with Crippen LogP contribution in [0.1, 0.15) is 21.3 Å². The molecule has 0 spiro atoms. The van der Waals surface area contributed by atoms with E-state index in [4.69, 9.17) is 0 Å². The third-order valence-corrected chi connectivity index (χ3v) is 4.86. The van der Waals surface area contributed by atoms with Crippen LogP contribution in [0, 0.1) is 0 Å². The SMILES string of the molecule is Cl.O=C(c1ccncc1)N1CCN(CC(O)c2cccs2)CC1. The van der Waals surface area contributed by atoms with E-state index < -0.39 is 6.10 Å². The summed E-state index contributed by atoms with van der Waals surface area (Å²) >= 11 is 1.58. The Morgan fingerprint density at radius 1 is 1.22 bits per heavy atom. The number of hydrogen-bond donors (Lipinski definition) is 1. The number of aliphatic hydroxyl groups excluding tert-OH is 1. The van der Waals surface area contributed by atoms with Crippen LogP contribution in [0.25, 0.3) is 0 Å². The highest BCUT2D eigenvalue weighted by Crippen LogP contribution is 2.20. The summed E-state index contributed by atoms with van der Waals surface area (Å²) in [5.74, 6) is 0.0563. The molecule has 2 aromatic rings. The van der Waals surface area contributed by atoms with Crippen LogP contribution in [0.3, 0.4) is 0 Å². The van der Waals surface area contributed by atoms with Crippen molar-refractivity contribution in [1.82, 2.24) is 14.8 Å². The molecule has 1 aliphatic rings. The number of carbonyl (C=O) groups is 1. The van der Waals surface area contributed by atoms with Gasteiger partial charge in [-0.3, -0.25) is 14.7 Å². The smallest absolute Gasteiger partial charge is 0.254 e. The number of carbonyl (C=O) groups excluding carboxylic acids is 1. The zero-order valence-corrected chi connectivity index (χ0v) is 14.3. The Hall–Kier alpha value is -1.47. The number of piperazine rings is 1. The number of halogens is 1. The highest BCUT2D eigenvalue weighted by atomic mass is 35.5. The molecule has 1 aliphatic heterocycles. The Morgan fingerprint density at radius 2 is 1.91 bits per heavy atom. The van der Waals surface area contributed by atoms with Crippen molar-refractivity contribution in [1.29, 1.82) is 0 Å². The van der Waals surface area contributed by atoms with Crippen molar-refractivity contribution in [3.63, 3.8) is 0 Å². The Kier molecular flexibility index (Phi) is 6.53. The van der Waals surface area contributed by atoms with Gasteiger partial charge in [-0.25, -0.2) is 0 Å². The normalized spacial score (nSPS) is 16.7. The van der Waals surface area contributed by atoms with Gasteiger partial charge in [0.1, 0.15) is 6.10 Å². The predicted molar refractivity (Wildman–Crippen MR) is 93.1 cm³/mol. The van der Waals surface area contributed by atoms with Gasteiger partial charge in [-0.2, -0.15) is 0 Å². The Labute approximate surface area is 146 Å². The molecule has 0 bridgehead atoms. The van der Waals surface area contributed by atoms with E-state index >= 15 is 0 Å². The molecule has 7 heteroatoms. The topological polar surface area (TPSA) is 56.7 Å². The number of thiophene rings is 1. The van der Waals surface area contributed by atoms with Gasteiger partial charge in [0.25, 0.3) is 5.91 Å². The highest BCUT2D eigenvalue weighted by molar-refractivity contribution is 7.10. The average Bonchev–Trinajstić information content (AvgIpc) is 3.10. The molecule has 1 saturated heterocycles. The molecule has 124 valence electrons. The second-order valence-electron chi connectivity index (χ2n) is 5.36. The van der Waals surface area contributed by atoms with Crippen LogP contribution in [0.4, 0.5) is 0 Å². The van der Waals surface area contributed by atoms with Crippen LogP contribution in [0.15, 0.2) is 42.0 Å². The first-order valence-corrected chi connectivity index (χ1v) is 8.25. The molecular weight excluding hydrogens is 334 g/mol. The summed E-state index contributed by atoms with van der Waals surface area (Å²) in [4.78, 5) is 21.4. The summed E-state index contributed by atoms with van der Waals surface area (Å²) in [7, 11) is 0. The van der Waals surface area contributed by atoms with Crippen LogP contribution < -0.4 is 0 Å². The number of aromatic nitrogens is 1. The molecule has 0 saturated carbocycles. The molecule has 1 fully saturated rings. The average molecular weight is 354 g/mol. The van der Waals surface area contributed by atoms with Gasteiger partial charge >= 0.3 is 0 Å². The fraction of sp³-hybridized carbons (Fsp3) is 0.375. The van der Waals surface area contributed by atoms with Crippen molar-refractivity contribution >= 4 is 29.7 Å². The molecule has 3 heterocycles. The van der Waals surface area contributed by atoms with Crippen LogP contribution >= 0.6 is 23.7 Å². The van der Waals surface area contributed by atoms with E-state index in [-0.39, 0.29) is 18.3 Å². The maximum absolute atomic E-state index is 12.3. The minimum absolute atomic E-state index is 0. The third kappa shape index (κ3) is 4.51. The fourth-order valence-corrected chi connectivity index (χ4v) is 3.33. The summed E-state index contributed by atoms with van der Waals surface area (Å²) in [6.45, 7) is 3.59. The van der Waals surface area contributed by atoms with E-state index in [1.807, 2.05) is 22.4 Å². The van der Waals surface area contributed by atoms with E-state index in [9.17, 15) is 9.90 Å². The molecule has 2 aromatic heterocycles. The number of pyridine rings is 1. The lowest BCUT2D eigenvalue weighted by Crippen LogP contribution is -2.49. The second-order valence-corrected chi connectivity index (χ2v) is 6.34.